The van der Waals surface area contributed by atoms with Crippen molar-refractivity contribution in [2.75, 3.05) is 11.9 Å². The van der Waals surface area contributed by atoms with Crippen LogP contribution >= 0.6 is 0 Å². The van der Waals surface area contributed by atoms with Gasteiger partial charge >= 0.3 is 0 Å². The van der Waals surface area contributed by atoms with Gasteiger partial charge in [0.15, 0.2) is 0 Å². The van der Waals surface area contributed by atoms with Crippen LogP contribution < -0.4 is 10.6 Å². The normalized spacial score (nSPS) is 16.1. The zero-order valence-corrected chi connectivity index (χ0v) is 15.4. The van der Waals surface area contributed by atoms with Crippen molar-refractivity contribution in [1.29, 1.82) is 0 Å². The number of carbonyl (C=O) groups is 2. The van der Waals surface area contributed by atoms with Gasteiger partial charge in [-0.25, -0.2) is 0 Å². The topological polar surface area (TPSA) is 76.0 Å². The number of aryl methyl sites for hydroxylation is 3. The second-order valence-electron chi connectivity index (χ2n) is 6.94. The number of hydrogen-bond acceptors (Lipinski definition) is 3. The van der Waals surface area contributed by atoms with Crippen LogP contribution in [0.1, 0.15) is 36.2 Å². The number of carbonyl (C=O) groups excluding carboxylic acids is 2. The maximum Gasteiger partial charge on any atom is 0.227 e. The number of nitrogens with one attached hydrogen (secondary N) is 2. The molecule has 2 aromatic rings. The maximum atomic E-state index is 12.2. The Balaban J connectivity index is 1.38. The van der Waals surface area contributed by atoms with E-state index in [0.29, 0.717) is 25.8 Å². The number of hydrogen-bond donors (Lipinski definition) is 2. The van der Waals surface area contributed by atoms with E-state index in [1.54, 1.807) is 0 Å². The molecule has 0 aliphatic carbocycles. The number of benzene rings is 1. The Labute approximate surface area is 154 Å². The van der Waals surface area contributed by atoms with Crippen LogP contribution in [0.3, 0.4) is 0 Å². The fourth-order valence-corrected chi connectivity index (χ4v) is 3.40. The van der Waals surface area contributed by atoms with E-state index in [0.717, 1.165) is 35.6 Å². The lowest BCUT2D eigenvalue weighted by atomic mass is 9.89. The summed E-state index contributed by atoms with van der Waals surface area (Å²) >= 11 is 0. The summed E-state index contributed by atoms with van der Waals surface area (Å²) < 4.78 is 1.96. The molecular weight excluding hydrogens is 328 g/mol. The predicted octanol–water partition coefficient (Wildman–Crippen LogP) is 2.60. The summed E-state index contributed by atoms with van der Waals surface area (Å²) in [5.41, 5.74) is 4.18. The lowest BCUT2D eigenvalue weighted by Crippen LogP contribution is -2.32. The molecule has 138 valence electrons. The molecule has 6 nitrogen and oxygen atoms in total. The standard InChI is InChI=1S/C20H26N4O2/c1-14-12-15(2)24(23-14)11-5-10-21-19(25)9-8-17-13-16-6-3-4-7-18(16)22-20(17)26/h3-4,6-7,12,17H,5,8-11,13H2,1-2H3,(H,21,25)(H,22,26)/t17-/m0/s1. The highest BCUT2D eigenvalue weighted by molar-refractivity contribution is 5.96. The molecule has 1 aliphatic heterocycles. The molecule has 1 aromatic heterocycles. The van der Waals surface area contributed by atoms with Crippen LogP contribution in [0.25, 0.3) is 0 Å². The predicted molar refractivity (Wildman–Crippen MR) is 101 cm³/mol. The fraction of sp³-hybridized carbons (Fsp3) is 0.450. The molecular formula is C20H26N4O2. The highest BCUT2D eigenvalue weighted by Crippen LogP contribution is 2.27. The Morgan fingerprint density at radius 1 is 1.35 bits per heavy atom. The van der Waals surface area contributed by atoms with Gasteiger partial charge in [0.25, 0.3) is 0 Å². The Morgan fingerprint density at radius 2 is 2.15 bits per heavy atom. The van der Waals surface area contributed by atoms with Crippen molar-refractivity contribution in [3.8, 4) is 0 Å². The molecule has 6 heteroatoms. The van der Waals surface area contributed by atoms with Gasteiger partial charge in [-0.1, -0.05) is 18.2 Å². The highest BCUT2D eigenvalue weighted by atomic mass is 16.2. The largest absolute Gasteiger partial charge is 0.356 e. The van der Waals surface area contributed by atoms with Crippen LogP contribution in [0, 0.1) is 19.8 Å². The zero-order chi connectivity index (χ0) is 18.5. The SMILES string of the molecule is Cc1cc(C)n(CCCNC(=O)CC[C@H]2Cc3ccccc3NC2=O)n1. The zero-order valence-electron chi connectivity index (χ0n) is 15.4. The van der Waals surface area contributed by atoms with Gasteiger partial charge in [0.2, 0.25) is 11.8 Å². The molecule has 0 bridgehead atoms. The van der Waals surface area contributed by atoms with Gasteiger partial charge in [-0.3, -0.25) is 14.3 Å². The summed E-state index contributed by atoms with van der Waals surface area (Å²) in [4.78, 5) is 24.2. The number of para-hydroxylation sites is 1. The molecule has 0 radical (unpaired) electrons. The smallest absolute Gasteiger partial charge is 0.227 e. The first-order valence-electron chi connectivity index (χ1n) is 9.19. The molecule has 2 heterocycles. The first kappa shape index (κ1) is 18.2. The van der Waals surface area contributed by atoms with E-state index in [1.807, 2.05) is 48.9 Å². The Kier molecular flexibility index (Phi) is 5.71. The van der Waals surface area contributed by atoms with Crippen LogP contribution in [0.5, 0.6) is 0 Å². The van der Waals surface area contributed by atoms with Gasteiger partial charge < -0.3 is 10.6 Å². The average molecular weight is 354 g/mol. The highest BCUT2D eigenvalue weighted by Gasteiger charge is 2.26. The number of nitrogens with zero attached hydrogens (tertiary/aromatic N) is 2. The summed E-state index contributed by atoms with van der Waals surface area (Å²) in [5, 5.41) is 10.3. The molecule has 0 fully saturated rings. The molecule has 1 atom stereocenters. The third-order valence-corrected chi connectivity index (χ3v) is 4.80. The van der Waals surface area contributed by atoms with Crippen LogP contribution in [0.2, 0.25) is 0 Å². The molecule has 0 saturated heterocycles. The van der Waals surface area contributed by atoms with Crippen molar-refractivity contribution in [2.45, 2.75) is 46.1 Å². The molecule has 0 unspecified atom stereocenters. The average Bonchev–Trinajstić information content (AvgIpc) is 2.94. The molecule has 1 aromatic carbocycles. The number of rotatable bonds is 7. The van der Waals surface area contributed by atoms with E-state index in [2.05, 4.69) is 15.7 Å². The number of aromatic nitrogens is 2. The minimum atomic E-state index is -0.134. The summed E-state index contributed by atoms with van der Waals surface area (Å²) in [6.07, 6.45) is 2.49. The van der Waals surface area contributed by atoms with Crippen molar-refractivity contribution in [3.63, 3.8) is 0 Å². The van der Waals surface area contributed by atoms with E-state index in [1.165, 1.54) is 0 Å². The Morgan fingerprint density at radius 3 is 2.92 bits per heavy atom. The maximum absolute atomic E-state index is 12.2. The lowest BCUT2D eigenvalue weighted by molar-refractivity contribution is -0.122. The third-order valence-electron chi connectivity index (χ3n) is 4.80. The summed E-state index contributed by atoms with van der Waals surface area (Å²) in [6, 6.07) is 9.88. The summed E-state index contributed by atoms with van der Waals surface area (Å²) in [6.45, 7) is 5.43. The number of anilines is 1. The number of amides is 2. The second kappa shape index (κ2) is 8.17. The third kappa shape index (κ3) is 4.50. The minimum Gasteiger partial charge on any atom is -0.356 e. The summed E-state index contributed by atoms with van der Waals surface area (Å²) in [5.74, 6) is -0.114. The molecule has 0 saturated carbocycles. The first-order chi connectivity index (χ1) is 12.5. The van der Waals surface area contributed by atoms with Crippen molar-refractivity contribution in [2.24, 2.45) is 5.92 Å². The van der Waals surface area contributed by atoms with Gasteiger partial charge in [0.05, 0.1) is 5.69 Å². The first-order valence-corrected chi connectivity index (χ1v) is 9.19. The molecule has 1 aliphatic rings. The van der Waals surface area contributed by atoms with Crippen LogP contribution in [0.15, 0.2) is 30.3 Å². The van der Waals surface area contributed by atoms with Crippen molar-refractivity contribution >= 4 is 17.5 Å². The van der Waals surface area contributed by atoms with Crippen LogP contribution in [-0.4, -0.2) is 28.1 Å². The molecule has 26 heavy (non-hydrogen) atoms. The van der Waals surface area contributed by atoms with E-state index in [4.69, 9.17) is 0 Å². The Hall–Kier alpha value is -2.63. The Bertz CT molecular complexity index is 797. The van der Waals surface area contributed by atoms with Crippen molar-refractivity contribution in [1.82, 2.24) is 15.1 Å². The quantitative estimate of drug-likeness (QED) is 0.751. The van der Waals surface area contributed by atoms with Crippen molar-refractivity contribution in [3.05, 3.63) is 47.3 Å². The van der Waals surface area contributed by atoms with Crippen LogP contribution in [-0.2, 0) is 22.6 Å². The van der Waals surface area contributed by atoms with Gasteiger partial charge in [0, 0.05) is 36.8 Å². The molecule has 3 rings (SSSR count). The molecule has 2 N–H and O–H groups in total. The molecule has 0 spiro atoms. The van der Waals surface area contributed by atoms with Gasteiger partial charge in [-0.2, -0.15) is 5.10 Å². The monoisotopic (exact) mass is 354 g/mol. The van der Waals surface area contributed by atoms with E-state index >= 15 is 0 Å². The van der Waals surface area contributed by atoms with Crippen LogP contribution in [0.4, 0.5) is 5.69 Å². The van der Waals surface area contributed by atoms with E-state index < -0.39 is 0 Å². The summed E-state index contributed by atoms with van der Waals surface area (Å²) in [7, 11) is 0. The van der Waals surface area contributed by atoms with Gasteiger partial charge in [0.1, 0.15) is 0 Å². The number of fused-ring (bicyclic) bond motifs is 1. The van der Waals surface area contributed by atoms with E-state index in [9.17, 15) is 9.59 Å². The van der Waals surface area contributed by atoms with Crippen molar-refractivity contribution < 1.29 is 9.59 Å². The molecule has 2 amide bonds. The van der Waals surface area contributed by atoms with Gasteiger partial charge in [-0.15, -0.1) is 0 Å². The van der Waals surface area contributed by atoms with E-state index in [-0.39, 0.29) is 17.7 Å². The second-order valence-corrected chi connectivity index (χ2v) is 6.94. The van der Waals surface area contributed by atoms with Gasteiger partial charge in [-0.05, 0) is 50.8 Å². The fourth-order valence-electron chi connectivity index (χ4n) is 3.40. The lowest BCUT2D eigenvalue weighted by Gasteiger charge is -2.24. The minimum absolute atomic E-state index is 0.00465.